The van der Waals surface area contributed by atoms with Crippen molar-refractivity contribution in [3.05, 3.63) is 18.0 Å². The van der Waals surface area contributed by atoms with E-state index in [1.165, 1.54) is 6.26 Å². The highest BCUT2D eigenvalue weighted by Gasteiger charge is 2.13. The fourth-order valence-corrected chi connectivity index (χ4v) is 0.909. The third-order valence-electron chi connectivity index (χ3n) is 1.72. The largest absolute Gasteiger partial charge is 0.364 e. The molecular formula is C8H12N4O3. The summed E-state index contributed by atoms with van der Waals surface area (Å²) in [6, 6.07) is 0.274. The Bertz CT molecular complexity index is 336. The lowest BCUT2D eigenvalue weighted by Gasteiger charge is -2.10. The molecule has 1 unspecified atom stereocenters. The first kappa shape index (κ1) is 11.2. The second-order valence-electron chi connectivity index (χ2n) is 2.95. The minimum absolute atomic E-state index is 0.379. The van der Waals surface area contributed by atoms with Gasteiger partial charge < -0.3 is 15.6 Å². The fraction of sp³-hybridized carbons (Fsp3) is 0.375. The maximum Gasteiger partial charge on any atom is 0.318 e. The number of nitrogens with zero attached hydrogens (tertiary/aromatic N) is 1. The van der Waals surface area contributed by atoms with Crippen molar-refractivity contribution in [3.63, 3.8) is 0 Å². The molecule has 0 saturated carbocycles. The van der Waals surface area contributed by atoms with Gasteiger partial charge in [-0.1, -0.05) is 5.16 Å². The van der Waals surface area contributed by atoms with Gasteiger partial charge in [0.1, 0.15) is 6.26 Å². The zero-order valence-corrected chi connectivity index (χ0v) is 8.19. The van der Waals surface area contributed by atoms with Crippen LogP contribution in [0.3, 0.4) is 0 Å². The van der Waals surface area contributed by atoms with E-state index in [0.29, 0.717) is 12.2 Å². The third kappa shape index (κ3) is 3.77. The average Bonchev–Trinajstić information content (AvgIpc) is 2.65. The van der Waals surface area contributed by atoms with E-state index in [0.717, 1.165) is 0 Å². The molecule has 0 aliphatic rings. The van der Waals surface area contributed by atoms with Crippen molar-refractivity contribution in [3.8, 4) is 0 Å². The average molecular weight is 212 g/mol. The maximum absolute atomic E-state index is 11.2. The summed E-state index contributed by atoms with van der Waals surface area (Å²) in [5.41, 5.74) is 5.47. The molecular weight excluding hydrogens is 200 g/mol. The summed E-state index contributed by atoms with van der Waals surface area (Å²) < 4.78 is 4.61. The lowest BCUT2D eigenvalue weighted by molar-refractivity contribution is -0.121. The number of rotatable bonds is 4. The van der Waals surface area contributed by atoms with Gasteiger partial charge in [0, 0.05) is 12.6 Å². The molecule has 7 heteroatoms. The predicted molar refractivity (Wildman–Crippen MR) is 50.5 cm³/mol. The SMILES string of the molecule is CC(NCc1ccon1)C(=O)NC(N)=O. The van der Waals surface area contributed by atoms with Crippen LogP contribution in [0.25, 0.3) is 0 Å². The first-order chi connectivity index (χ1) is 7.09. The molecule has 0 radical (unpaired) electrons. The van der Waals surface area contributed by atoms with Crippen molar-refractivity contribution in [2.75, 3.05) is 0 Å². The number of aromatic nitrogens is 1. The molecule has 1 aromatic heterocycles. The van der Waals surface area contributed by atoms with Crippen molar-refractivity contribution < 1.29 is 14.1 Å². The molecule has 1 heterocycles. The van der Waals surface area contributed by atoms with E-state index in [2.05, 4.69) is 15.0 Å². The second-order valence-corrected chi connectivity index (χ2v) is 2.95. The maximum atomic E-state index is 11.2. The monoisotopic (exact) mass is 212 g/mol. The normalized spacial score (nSPS) is 12.1. The molecule has 0 aliphatic heterocycles. The summed E-state index contributed by atoms with van der Waals surface area (Å²) in [5, 5.41) is 8.46. The Morgan fingerprint density at radius 1 is 1.67 bits per heavy atom. The van der Waals surface area contributed by atoms with E-state index in [9.17, 15) is 9.59 Å². The highest BCUT2D eigenvalue weighted by Crippen LogP contribution is 1.94. The Morgan fingerprint density at radius 2 is 2.40 bits per heavy atom. The molecule has 0 aromatic carbocycles. The number of carbonyl (C=O) groups excluding carboxylic acids is 2. The third-order valence-corrected chi connectivity index (χ3v) is 1.72. The van der Waals surface area contributed by atoms with Crippen LogP contribution in [0.1, 0.15) is 12.6 Å². The Morgan fingerprint density at radius 3 is 2.93 bits per heavy atom. The topological polar surface area (TPSA) is 110 Å². The summed E-state index contributed by atoms with van der Waals surface area (Å²) in [7, 11) is 0. The highest BCUT2D eigenvalue weighted by molar-refractivity contribution is 5.96. The van der Waals surface area contributed by atoms with E-state index in [-0.39, 0.29) is 0 Å². The summed E-state index contributed by atoms with van der Waals surface area (Å²) in [6.07, 6.45) is 1.44. The van der Waals surface area contributed by atoms with Gasteiger partial charge in [-0.2, -0.15) is 0 Å². The van der Waals surface area contributed by atoms with Crippen LogP contribution in [0, 0.1) is 0 Å². The fourth-order valence-electron chi connectivity index (χ4n) is 0.909. The number of nitrogens with one attached hydrogen (secondary N) is 2. The van der Waals surface area contributed by atoms with Gasteiger partial charge in [-0.25, -0.2) is 4.79 Å². The Hall–Kier alpha value is -1.89. The van der Waals surface area contributed by atoms with Crippen LogP contribution in [0.5, 0.6) is 0 Å². The van der Waals surface area contributed by atoms with Gasteiger partial charge in [-0.15, -0.1) is 0 Å². The molecule has 0 fully saturated rings. The number of hydrogen-bond donors (Lipinski definition) is 3. The Labute approximate surface area is 86.0 Å². The molecule has 7 nitrogen and oxygen atoms in total. The minimum atomic E-state index is -0.866. The summed E-state index contributed by atoms with van der Waals surface area (Å²) in [6.45, 7) is 1.99. The number of nitrogens with two attached hydrogens (primary N) is 1. The van der Waals surface area contributed by atoms with Crippen LogP contribution in [0.15, 0.2) is 16.9 Å². The van der Waals surface area contributed by atoms with Gasteiger partial charge in [0.2, 0.25) is 5.91 Å². The number of hydrogen-bond acceptors (Lipinski definition) is 5. The van der Waals surface area contributed by atoms with E-state index in [1.54, 1.807) is 13.0 Å². The molecule has 15 heavy (non-hydrogen) atoms. The summed E-state index contributed by atoms with van der Waals surface area (Å²) in [4.78, 5) is 21.6. The summed E-state index contributed by atoms with van der Waals surface area (Å²) >= 11 is 0. The van der Waals surface area contributed by atoms with E-state index in [1.807, 2.05) is 5.32 Å². The van der Waals surface area contributed by atoms with E-state index in [4.69, 9.17) is 5.73 Å². The lowest BCUT2D eigenvalue weighted by Crippen LogP contribution is -2.46. The molecule has 0 saturated heterocycles. The zero-order chi connectivity index (χ0) is 11.3. The zero-order valence-electron chi connectivity index (χ0n) is 8.19. The second kappa shape index (κ2) is 5.11. The lowest BCUT2D eigenvalue weighted by atomic mass is 10.3. The molecule has 0 bridgehead atoms. The molecule has 0 spiro atoms. The number of imide groups is 1. The molecule has 0 aliphatic carbocycles. The quantitative estimate of drug-likeness (QED) is 0.614. The smallest absolute Gasteiger partial charge is 0.318 e. The van der Waals surface area contributed by atoms with Crippen LogP contribution in [0.2, 0.25) is 0 Å². The first-order valence-electron chi connectivity index (χ1n) is 4.32. The van der Waals surface area contributed by atoms with Gasteiger partial charge in [0.05, 0.1) is 11.7 Å². The van der Waals surface area contributed by atoms with Crippen LogP contribution >= 0.6 is 0 Å². The van der Waals surface area contributed by atoms with Crippen LogP contribution in [-0.2, 0) is 11.3 Å². The van der Waals surface area contributed by atoms with Crippen LogP contribution < -0.4 is 16.4 Å². The highest BCUT2D eigenvalue weighted by atomic mass is 16.5. The Kier molecular flexibility index (Phi) is 3.81. The van der Waals surface area contributed by atoms with Gasteiger partial charge in [0.15, 0.2) is 0 Å². The number of urea groups is 1. The van der Waals surface area contributed by atoms with Crippen molar-refractivity contribution in [2.45, 2.75) is 19.5 Å². The van der Waals surface area contributed by atoms with Gasteiger partial charge >= 0.3 is 6.03 Å². The van der Waals surface area contributed by atoms with Crippen molar-refractivity contribution >= 4 is 11.9 Å². The van der Waals surface area contributed by atoms with E-state index < -0.39 is 18.0 Å². The molecule has 1 aromatic rings. The van der Waals surface area contributed by atoms with Crippen molar-refractivity contribution in [1.82, 2.24) is 15.8 Å². The first-order valence-corrected chi connectivity index (χ1v) is 4.32. The van der Waals surface area contributed by atoms with Gasteiger partial charge in [-0.05, 0) is 6.92 Å². The molecule has 4 N–H and O–H groups in total. The van der Waals surface area contributed by atoms with Crippen molar-refractivity contribution in [1.29, 1.82) is 0 Å². The minimum Gasteiger partial charge on any atom is -0.364 e. The van der Waals surface area contributed by atoms with Crippen molar-refractivity contribution in [2.24, 2.45) is 5.73 Å². The number of primary amides is 1. The van der Waals surface area contributed by atoms with Crippen LogP contribution in [0.4, 0.5) is 4.79 Å². The molecule has 3 amide bonds. The number of amides is 3. The molecule has 1 atom stereocenters. The van der Waals surface area contributed by atoms with E-state index >= 15 is 0 Å². The number of carbonyl (C=O) groups is 2. The van der Waals surface area contributed by atoms with Gasteiger partial charge in [0.25, 0.3) is 0 Å². The summed E-state index contributed by atoms with van der Waals surface area (Å²) in [5.74, 6) is -0.481. The predicted octanol–water partition coefficient (Wildman–Crippen LogP) is -0.652. The Balaban J connectivity index is 2.32. The van der Waals surface area contributed by atoms with Crippen LogP contribution in [-0.4, -0.2) is 23.1 Å². The standard InChI is InChI=1S/C8H12N4O3/c1-5(7(13)11-8(9)14)10-4-6-2-3-15-12-6/h2-3,5,10H,4H2,1H3,(H3,9,11,13,14). The van der Waals surface area contributed by atoms with Gasteiger partial charge in [-0.3, -0.25) is 10.1 Å². The molecule has 1 rings (SSSR count). The molecule has 82 valence electrons.